The van der Waals surface area contributed by atoms with Crippen molar-refractivity contribution in [2.24, 2.45) is 0 Å². The van der Waals surface area contributed by atoms with Gasteiger partial charge in [0.1, 0.15) is 16.7 Å². The Hall–Kier alpha value is -3.44. The van der Waals surface area contributed by atoms with Crippen LogP contribution in [-0.4, -0.2) is 22.9 Å². The van der Waals surface area contributed by atoms with Gasteiger partial charge < -0.3 is 9.64 Å². The number of pyridine rings is 1. The smallest absolute Gasteiger partial charge is 0.254 e. The number of methoxy groups -OCH3 is 1. The minimum Gasteiger partial charge on any atom is -0.497 e. The summed E-state index contributed by atoms with van der Waals surface area (Å²) in [4.78, 5) is 19.5. The molecular weight excluding hydrogens is 427 g/mol. The van der Waals surface area contributed by atoms with Crippen LogP contribution in [0.5, 0.6) is 5.75 Å². The van der Waals surface area contributed by atoms with E-state index in [1.807, 2.05) is 55.5 Å². The Bertz CT molecular complexity index is 1270. The number of para-hydroxylation sites is 1. The predicted molar refractivity (Wildman–Crippen MR) is 124 cm³/mol. The zero-order valence-electron chi connectivity index (χ0n) is 17.8. The number of amides is 1. The molecule has 0 aliphatic carbocycles. The molecular formula is C26H22ClFN2O2. The Morgan fingerprint density at radius 1 is 1.03 bits per heavy atom. The number of hydrogen-bond donors (Lipinski definition) is 0. The van der Waals surface area contributed by atoms with E-state index in [9.17, 15) is 9.18 Å². The topological polar surface area (TPSA) is 42.4 Å². The fourth-order valence-electron chi connectivity index (χ4n) is 3.64. The van der Waals surface area contributed by atoms with Crippen LogP contribution in [0.15, 0.2) is 72.8 Å². The first-order valence-electron chi connectivity index (χ1n) is 10.2. The number of carbonyl (C=O) groups excluding carboxylic acids is 1. The molecule has 0 saturated heterocycles. The number of carbonyl (C=O) groups is 1. The number of aryl methyl sites for hydroxylation is 1. The lowest BCUT2D eigenvalue weighted by atomic mass is 10.1. The number of hydrogen-bond acceptors (Lipinski definition) is 3. The molecule has 0 bridgehead atoms. The Kier molecular flexibility index (Phi) is 6.37. The highest BCUT2D eigenvalue weighted by atomic mass is 35.5. The van der Waals surface area contributed by atoms with Crippen molar-refractivity contribution < 1.29 is 13.9 Å². The predicted octanol–water partition coefficient (Wildman–Crippen LogP) is 6.19. The van der Waals surface area contributed by atoms with Crippen molar-refractivity contribution in [2.75, 3.05) is 7.11 Å². The second kappa shape index (κ2) is 9.37. The van der Waals surface area contributed by atoms with E-state index in [-0.39, 0.29) is 18.0 Å². The Balaban J connectivity index is 1.70. The van der Waals surface area contributed by atoms with E-state index in [4.69, 9.17) is 16.3 Å². The van der Waals surface area contributed by atoms with Gasteiger partial charge in [0.2, 0.25) is 0 Å². The normalized spacial score (nSPS) is 10.9. The molecule has 0 spiro atoms. The molecule has 0 fully saturated rings. The number of aromatic nitrogens is 1. The van der Waals surface area contributed by atoms with Gasteiger partial charge in [0.15, 0.2) is 0 Å². The molecule has 1 amide bonds. The second-order valence-electron chi connectivity index (χ2n) is 7.60. The largest absolute Gasteiger partial charge is 0.497 e. The summed E-state index contributed by atoms with van der Waals surface area (Å²) in [6.45, 7) is 2.54. The number of rotatable bonds is 6. The van der Waals surface area contributed by atoms with Crippen LogP contribution in [0.2, 0.25) is 5.15 Å². The summed E-state index contributed by atoms with van der Waals surface area (Å²) in [5.41, 5.74) is 3.78. The fourth-order valence-corrected chi connectivity index (χ4v) is 3.84. The van der Waals surface area contributed by atoms with Gasteiger partial charge in [-0.15, -0.1) is 0 Å². The molecule has 6 heteroatoms. The van der Waals surface area contributed by atoms with Crippen LogP contribution in [0.4, 0.5) is 4.39 Å². The minimum absolute atomic E-state index is 0.233. The summed E-state index contributed by atoms with van der Waals surface area (Å²) >= 11 is 6.51. The zero-order valence-corrected chi connectivity index (χ0v) is 18.6. The van der Waals surface area contributed by atoms with Crippen molar-refractivity contribution in [1.29, 1.82) is 0 Å². The van der Waals surface area contributed by atoms with Gasteiger partial charge in [0.05, 0.1) is 12.6 Å². The molecule has 1 heterocycles. The number of nitrogens with zero attached hydrogens (tertiary/aromatic N) is 2. The van der Waals surface area contributed by atoms with Gasteiger partial charge in [-0.25, -0.2) is 9.37 Å². The molecule has 162 valence electrons. The molecule has 3 aromatic carbocycles. The van der Waals surface area contributed by atoms with E-state index < -0.39 is 5.82 Å². The summed E-state index contributed by atoms with van der Waals surface area (Å²) < 4.78 is 19.0. The summed E-state index contributed by atoms with van der Waals surface area (Å²) in [5, 5.41) is 1.30. The monoisotopic (exact) mass is 448 g/mol. The number of ether oxygens (including phenoxy) is 1. The minimum atomic E-state index is -0.457. The van der Waals surface area contributed by atoms with E-state index in [2.05, 4.69) is 4.98 Å². The first kappa shape index (κ1) is 21.8. The van der Waals surface area contributed by atoms with Crippen LogP contribution < -0.4 is 4.74 Å². The maximum Gasteiger partial charge on any atom is 0.254 e. The molecule has 0 aliphatic rings. The van der Waals surface area contributed by atoms with Crippen LogP contribution in [0.3, 0.4) is 0 Å². The second-order valence-corrected chi connectivity index (χ2v) is 7.96. The van der Waals surface area contributed by atoms with Crippen LogP contribution in [0, 0.1) is 12.7 Å². The number of fused-ring (bicyclic) bond motifs is 1. The molecule has 32 heavy (non-hydrogen) atoms. The van der Waals surface area contributed by atoms with E-state index in [1.165, 1.54) is 18.2 Å². The van der Waals surface area contributed by atoms with Gasteiger partial charge >= 0.3 is 0 Å². The lowest BCUT2D eigenvalue weighted by Crippen LogP contribution is -2.30. The van der Waals surface area contributed by atoms with E-state index in [0.29, 0.717) is 11.7 Å². The van der Waals surface area contributed by atoms with Crippen molar-refractivity contribution in [1.82, 2.24) is 9.88 Å². The van der Waals surface area contributed by atoms with Gasteiger partial charge in [-0.3, -0.25) is 4.79 Å². The van der Waals surface area contributed by atoms with E-state index in [0.717, 1.165) is 33.3 Å². The Labute approximate surface area is 191 Å². The fraction of sp³-hybridized carbons (Fsp3) is 0.154. The first-order chi connectivity index (χ1) is 15.4. The van der Waals surface area contributed by atoms with Gasteiger partial charge in [-0.2, -0.15) is 0 Å². The average molecular weight is 449 g/mol. The Morgan fingerprint density at radius 3 is 2.50 bits per heavy atom. The third-order valence-electron chi connectivity index (χ3n) is 5.33. The third-order valence-corrected chi connectivity index (χ3v) is 5.65. The molecule has 0 aliphatic heterocycles. The first-order valence-corrected chi connectivity index (χ1v) is 10.5. The molecule has 0 radical (unpaired) electrons. The SMILES string of the molecule is COc1ccc(CN(Cc2cc3cccc(C)c3nc2Cl)C(=O)c2cccc(F)c2)cc1. The van der Waals surface area contributed by atoms with E-state index in [1.54, 1.807) is 18.1 Å². The van der Waals surface area contributed by atoms with Gasteiger partial charge in [-0.1, -0.05) is 48.0 Å². The highest BCUT2D eigenvalue weighted by molar-refractivity contribution is 6.30. The van der Waals surface area contributed by atoms with Crippen molar-refractivity contribution in [2.45, 2.75) is 20.0 Å². The maximum absolute atomic E-state index is 13.8. The van der Waals surface area contributed by atoms with Crippen molar-refractivity contribution in [3.05, 3.63) is 106 Å². The molecule has 0 atom stereocenters. The van der Waals surface area contributed by atoms with Crippen molar-refractivity contribution >= 4 is 28.4 Å². The molecule has 4 rings (SSSR count). The molecule has 4 nitrogen and oxygen atoms in total. The van der Waals surface area contributed by atoms with Crippen LogP contribution >= 0.6 is 11.6 Å². The summed E-state index contributed by atoms with van der Waals surface area (Å²) in [6.07, 6.45) is 0. The lowest BCUT2D eigenvalue weighted by molar-refractivity contribution is 0.0729. The average Bonchev–Trinajstić information content (AvgIpc) is 2.80. The maximum atomic E-state index is 13.8. The molecule has 0 N–H and O–H groups in total. The summed E-state index contributed by atoms with van der Waals surface area (Å²) in [5.74, 6) is -0.0178. The quantitative estimate of drug-likeness (QED) is 0.330. The van der Waals surface area contributed by atoms with Crippen LogP contribution in [0.1, 0.15) is 27.0 Å². The summed E-state index contributed by atoms with van der Waals surface area (Å²) in [6, 6.07) is 21.0. The molecule has 0 saturated carbocycles. The highest BCUT2D eigenvalue weighted by Crippen LogP contribution is 2.25. The van der Waals surface area contributed by atoms with Crippen molar-refractivity contribution in [3.8, 4) is 5.75 Å². The van der Waals surface area contributed by atoms with Crippen molar-refractivity contribution in [3.63, 3.8) is 0 Å². The standard InChI is InChI=1S/C26H22ClFN2O2/c1-17-5-3-6-19-13-21(25(27)29-24(17)19)16-30(15-18-9-11-23(32-2)12-10-18)26(31)20-7-4-8-22(28)14-20/h3-14H,15-16H2,1-2H3. The number of benzene rings is 3. The highest BCUT2D eigenvalue weighted by Gasteiger charge is 2.19. The van der Waals surface area contributed by atoms with Gasteiger partial charge in [-0.05, 0) is 54.4 Å². The zero-order chi connectivity index (χ0) is 22.7. The molecule has 1 aromatic heterocycles. The third kappa shape index (κ3) is 4.73. The molecule has 4 aromatic rings. The van der Waals surface area contributed by atoms with Crippen LogP contribution in [0.25, 0.3) is 10.9 Å². The van der Waals surface area contributed by atoms with Crippen LogP contribution in [-0.2, 0) is 13.1 Å². The van der Waals surface area contributed by atoms with Gasteiger partial charge in [0, 0.05) is 29.6 Å². The Morgan fingerprint density at radius 2 is 1.78 bits per heavy atom. The van der Waals surface area contributed by atoms with Gasteiger partial charge in [0.25, 0.3) is 5.91 Å². The molecule has 0 unspecified atom stereocenters. The van der Waals surface area contributed by atoms with E-state index >= 15 is 0 Å². The summed E-state index contributed by atoms with van der Waals surface area (Å²) in [7, 11) is 1.60. The number of halogens is 2. The lowest BCUT2D eigenvalue weighted by Gasteiger charge is -2.24.